The zero-order valence-corrected chi connectivity index (χ0v) is 18.3. The van der Waals surface area contributed by atoms with Gasteiger partial charge in [-0.2, -0.15) is 0 Å². The largest absolute Gasteiger partial charge is 0.497 e. The summed E-state index contributed by atoms with van der Waals surface area (Å²) in [5, 5.41) is 6.74. The van der Waals surface area contributed by atoms with Crippen LogP contribution in [0, 0.1) is 0 Å². The Labute approximate surface area is 181 Å². The maximum absolute atomic E-state index is 12.6. The molecule has 0 bridgehead atoms. The third-order valence-corrected chi connectivity index (χ3v) is 5.16. The molecule has 0 aliphatic carbocycles. The van der Waals surface area contributed by atoms with Gasteiger partial charge in [0.25, 0.3) is 0 Å². The number of benzene rings is 2. The molecule has 2 amide bonds. The van der Waals surface area contributed by atoms with Crippen molar-refractivity contribution < 1.29 is 14.3 Å². The zero-order valence-electron chi connectivity index (χ0n) is 16.8. The Hall–Kier alpha value is -2.28. The summed E-state index contributed by atoms with van der Waals surface area (Å²) in [5.74, 6) is 0.287. The number of nitrogens with one attached hydrogen (secondary N) is 2. The Morgan fingerprint density at radius 3 is 2.34 bits per heavy atom. The molecule has 2 aromatic rings. The molecule has 2 aromatic carbocycles. The number of halogens is 2. The van der Waals surface area contributed by atoms with Crippen molar-refractivity contribution in [3.05, 3.63) is 58.1 Å². The summed E-state index contributed by atoms with van der Waals surface area (Å²) in [4.78, 5) is 26.5. The second kappa shape index (κ2) is 10.5. The van der Waals surface area contributed by atoms with Crippen molar-refractivity contribution in [2.24, 2.45) is 0 Å². The van der Waals surface area contributed by atoms with E-state index in [1.165, 1.54) is 0 Å². The van der Waals surface area contributed by atoms with Gasteiger partial charge in [-0.05, 0) is 62.9 Å². The number of methoxy groups -OCH3 is 1. The number of rotatable bonds is 8. The quantitative estimate of drug-likeness (QED) is 0.650. The molecule has 2 N–H and O–H groups in total. The molecule has 0 fully saturated rings. The molecule has 0 aliphatic heterocycles. The predicted molar refractivity (Wildman–Crippen MR) is 117 cm³/mol. The molecule has 2 atom stereocenters. The highest BCUT2D eigenvalue weighted by Crippen LogP contribution is 2.26. The van der Waals surface area contributed by atoms with E-state index in [4.69, 9.17) is 27.9 Å². The minimum Gasteiger partial charge on any atom is -0.497 e. The summed E-state index contributed by atoms with van der Waals surface area (Å²) in [6, 6.07) is 11.4. The summed E-state index contributed by atoms with van der Waals surface area (Å²) in [6.45, 7) is 3.65. The fourth-order valence-corrected chi connectivity index (χ4v) is 3.28. The fraction of sp³-hybridized carbons (Fsp3) is 0.333. The SMILES string of the molecule is COc1ccc(NC(=O)CN(C)[C@H](C)C(=O)N[C@@H](C)c2ccc(Cl)cc2Cl)cc1. The highest BCUT2D eigenvalue weighted by atomic mass is 35.5. The summed E-state index contributed by atoms with van der Waals surface area (Å²) in [6.07, 6.45) is 0. The second-order valence-corrected chi connectivity index (χ2v) is 7.61. The van der Waals surface area contributed by atoms with E-state index in [0.717, 1.165) is 5.56 Å². The van der Waals surface area contributed by atoms with E-state index in [2.05, 4.69) is 10.6 Å². The van der Waals surface area contributed by atoms with Crippen LogP contribution in [-0.4, -0.2) is 43.5 Å². The lowest BCUT2D eigenvalue weighted by Crippen LogP contribution is -2.46. The molecule has 6 nitrogen and oxygen atoms in total. The first-order valence-corrected chi connectivity index (χ1v) is 9.86. The van der Waals surface area contributed by atoms with Crippen molar-refractivity contribution >= 4 is 40.7 Å². The van der Waals surface area contributed by atoms with Gasteiger partial charge < -0.3 is 15.4 Å². The van der Waals surface area contributed by atoms with Crippen LogP contribution in [0.3, 0.4) is 0 Å². The lowest BCUT2D eigenvalue weighted by Gasteiger charge is -2.25. The van der Waals surface area contributed by atoms with Crippen LogP contribution in [-0.2, 0) is 9.59 Å². The van der Waals surface area contributed by atoms with E-state index in [0.29, 0.717) is 21.5 Å². The monoisotopic (exact) mass is 437 g/mol. The number of carbonyl (C=O) groups is 2. The van der Waals surface area contributed by atoms with Crippen LogP contribution >= 0.6 is 23.2 Å². The van der Waals surface area contributed by atoms with Crippen molar-refractivity contribution in [3.63, 3.8) is 0 Å². The van der Waals surface area contributed by atoms with Gasteiger partial charge in [0, 0.05) is 15.7 Å². The number of nitrogens with zero attached hydrogens (tertiary/aromatic N) is 1. The van der Waals surface area contributed by atoms with E-state index < -0.39 is 6.04 Å². The van der Waals surface area contributed by atoms with E-state index >= 15 is 0 Å². The topological polar surface area (TPSA) is 70.7 Å². The molecule has 0 aromatic heterocycles. The lowest BCUT2D eigenvalue weighted by atomic mass is 10.1. The van der Waals surface area contributed by atoms with E-state index in [1.54, 1.807) is 68.4 Å². The molecule has 0 unspecified atom stereocenters. The molecule has 0 radical (unpaired) electrons. The number of anilines is 1. The maximum atomic E-state index is 12.6. The summed E-state index contributed by atoms with van der Waals surface area (Å²) < 4.78 is 5.09. The number of likely N-dealkylation sites (N-methyl/N-ethyl adjacent to an activating group) is 1. The van der Waals surface area contributed by atoms with Crippen molar-refractivity contribution in [2.45, 2.75) is 25.9 Å². The van der Waals surface area contributed by atoms with Crippen LogP contribution < -0.4 is 15.4 Å². The Balaban J connectivity index is 1.89. The van der Waals surface area contributed by atoms with Crippen LogP contribution in [0.2, 0.25) is 10.0 Å². The zero-order chi connectivity index (χ0) is 21.6. The molecule has 0 saturated carbocycles. The Kier molecular flexibility index (Phi) is 8.32. The first-order chi connectivity index (χ1) is 13.7. The standard InChI is InChI=1S/C21H25Cl2N3O3/c1-13(18-10-5-15(22)11-19(18)23)24-21(28)14(2)26(3)12-20(27)25-16-6-8-17(29-4)9-7-16/h5-11,13-14H,12H2,1-4H3,(H,24,28)(H,25,27)/t13-,14+/m0/s1. The van der Waals surface area contributed by atoms with Crippen LogP contribution in [0.5, 0.6) is 5.75 Å². The molecule has 0 saturated heterocycles. The summed E-state index contributed by atoms with van der Waals surface area (Å²) in [5.41, 5.74) is 1.43. The molecule has 29 heavy (non-hydrogen) atoms. The molecule has 0 heterocycles. The van der Waals surface area contributed by atoms with Gasteiger partial charge in [0.2, 0.25) is 11.8 Å². The normalized spacial score (nSPS) is 12.9. The Morgan fingerprint density at radius 1 is 1.10 bits per heavy atom. The van der Waals surface area contributed by atoms with Gasteiger partial charge >= 0.3 is 0 Å². The maximum Gasteiger partial charge on any atom is 0.238 e. The second-order valence-electron chi connectivity index (χ2n) is 6.76. The van der Waals surface area contributed by atoms with E-state index in [9.17, 15) is 9.59 Å². The first kappa shape index (κ1) is 23.0. The third kappa shape index (κ3) is 6.63. The van der Waals surface area contributed by atoms with Crippen molar-refractivity contribution in [3.8, 4) is 5.75 Å². The number of carbonyl (C=O) groups excluding carboxylic acids is 2. The molecular weight excluding hydrogens is 413 g/mol. The molecule has 8 heteroatoms. The number of ether oxygens (including phenoxy) is 1. The van der Waals surface area contributed by atoms with Gasteiger partial charge in [0.1, 0.15) is 5.75 Å². The highest BCUT2D eigenvalue weighted by molar-refractivity contribution is 6.35. The van der Waals surface area contributed by atoms with E-state index in [1.807, 2.05) is 6.92 Å². The smallest absolute Gasteiger partial charge is 0.238 e. The van der Waals surface area contributed by atoms with Gasteiger partial charge in [-0.1, -0.05) is 29.3 Å². The minimum atomic E-state index is -0.509. The average molecular weight is 438 g/mol. The Morgan fingerprint density at radius 2 is 1.76 bits per heavy atom. The third-order valence-electron chi connectivity index (χ3n) is 4.60. The van der Waals surface area contributed by atoms with Gasteiger partial charge in [-0.15, -0.1) is 0 Å². The number of hydrogen-bond donors (Lipinski definition) is 2. The van der Waals surface area contributed by atoms with Gasteiger partial charge in [-0.25, -0.2) is 0 Å². The summed E-state index contributed by atoms with van der Waals surface area (Å²) >= 11 is 12.1. The molecule has 0 aliphatic rings. The van der Waals surface area contributed by atoms with Crippen LogP contribution in [0.15, 0.2) is 42.5 Å². The fourth-order valence-electron chi connectivity index (χ4n) is 2.70. The van der Waals surface area contributed by atoms with Crippen LogP contribution in [0.25, 0.3) is 0 Å². The molecular formula is C21H25Cl2N3O3. The van der Waals surface area contributed by atoms with Crippen LogP contribution in [0.1, 0.15) is 25.5 Å². The first-order valence-electron chi connectivity index (χ1n) is 9.10. The van der Waals surface area contributed by atoms with Gasteiger partial charge in [0.05, 0.1) is 25.7 Å². The molecule has 0 spiro atoms. The predicted octanol–water partition coefficient (Wildman–Crippen LogP) is 4.14. The highest BCUT2D eigenvalue weighted by Gasteiger charge is 2.22. The molecule has 2 rings (SSSR count). The number of amides is 2. The van der Waals surface area contributed by atoms with E-state index in [-0.39, 0.29) is 24.4 Å². The van der Waals surface area contributed by atoms with Gasteiger partial charge in [0.15, 0.2) is 0 Å². The number of hydrogen-bond acceptors (Lipinski definition) is 4. The average Bonchev–Trinajstić information content (AvgIpc) is 2.67. The Bertz CT molecular complexity index is 859. The van der Waals surface area contributed by atoms with Gasteiger partial charge in [-0.3, -0.25) is 14.5 Å². The molecule has 156 valence electrons. The minimum absolute atomic E-state index is 0.0662. The lowest BCUT2D eigenvalue weighted by molar-refractivity contribution is -0.127. The van der Waals surface area contributed by atoms with Crippen LogP contribution in [0.4, 0.5) is 5.69 Å². The van der Waals surface area contributed by atoms with Crippen molar-refractivity contribution in [2.75, 3.05) is 26.0 Å². The van der Waals surface area contributed by atoms with Crippen molar-refractivity contribution in [1.29, 1.82) is 0 Å². The van der Waals surface area contributed by atoms with Crippen molar-refractivity contribution in [1.82, 2.24) is 10.2 Å². The summed E-state index contributed by atoms with van der Waals surface area (Å²) in [7, 11) is 3.30.